The minimum absolute atomic E-state index is 0.000119. The number of hydrogen-bond donors (Lipinski definition) is 2. The van der Waals surface area contributed by atoms with Gasteiger partial charge in [-0.3, -0.25) is 0 Å². The molecule has 1 aromatic heterocycles. The number of hydrogen-bond acceptors (Lipinski definition) is 6. The summed E-state index contributed by atoms with van der Waals surface area (Å²) in [6, 6.07) is 3.98. The molecule has 3 rings (SSSR count). The van der Waals surface area contributed by atoms with Gasteiger partial charge in [0.05, 0.1) is 5.02 Å². The highest BCUT2D eigenvalue weighted by Gasteiger charge is 2.33. The number of aromatic hydroxyl groups is 1. The molecule has 1 aromatic carbocycles. The highest BCUT2D eigenvalue weighted by Crippen LogP contribution is 2.35. The van der Waals surface area contributed by atoms with Gasteiger partial charge in [-0.15, -0.1) is 0 Å². The van der Waals surface area contributed by atoms with E-state index in [-0.39, 0.29) is 21.9 Å². The van der Waals surface area contributed by atoms with Gasteiger partial charge in [0.15, 0.2) is 11.6 Å². The number of nitrogens with zero attached hydrogens (tertiary/aromatic N) is 2. The van der Waals surface area contributed by atoms with Crippen LogP contribution in [0.4, 0.5) is 0 Å². The molecule has 0 radical (unpaired) electrons. The van der Waals surface area contributed by atoms with Crippen molar-refractivity contribution in [2.75, 3.05) is 0 Å². The van der Waals surface area contributed by atoms with Crippen LogP contribution in [0.3, 0.4) is 0 Å². The molecule has 9 heteroatoms. The van der Waals surface area contributed by atoms with Crippen LogP contribution in [0.25, 0.3) is 0 Å². The molecule has 0 spiro atoms. The largest absolute Gasteiger partial charge is 0.505 e. The normalized spacial score (nSPS) is 21.2. The molecule has 2 N–H and O–H groups in total. The molecule has 1 aliphatic carbocycles. The van der Waals surface area contributed by atoms with Crippen LogP contribution in [0.2, 0.25) is 5.02 Å². The summed E-state index contributed by atoms with van der Waals surface area (Å²) in [4.78, 5) is 4.10. The Labute approximate surface area is 145 Å². The monoisotopic (exact) mass is 371 g/mol. The first-order valence-corrected chi connectivity index (χ1v) is 9.59. The smallest absolute Gasteiger partial charge is 0.244 e. The maximum atomic E-state index is 12.5. The maximum absolute atomic E-state index is 12.5. The van der Waals surface area contributed by atoms with E-state index in [0.717, 1.165) is 6.42 Å². The predicted octanol–water partition coefficient (Wildman–Crippen LogP) is 2.61. The summed E-state index contributed by atoms with van der Waals surface area (Å²) in [5.74, 6) is 0.807. The highest BCUT2D eigenvalue weighted by atomic mass is 35.5. The van der Waals surface area contributed by atoms with Gasteiger partial charge < -0.3 is 9.63 Å². The maximum Gasteiger partial charge on any atom is 0.244 e. The van der Waals surface area contributed by atoms with Crippen molar-refractivity contribution in [3.8, 4) is 5.75 Å². The SMILES string of the molecule is CCc1noc(C2CCC(NS(=O)(=O)c3cccc(Cl)c3O)C2)n1. The van der Waals surface area contributed by atoms with Crippen LogP contribution >= 0.6 is 11.6 Å². The van der Waals surface area contributed by atoms with Crippen LogP contribution in [-0.2, 0) is 16.4 Å². The predicted molar refractivity (Wildman–Crippen MR) is 87.5 cm³/mol. The first-order valence-electron chi connectivity index (χ1n) is 7.73. The van der Waals surface area contributed by atoms with E-state index in [1.54, 1.807) is 0 Å². The number of aromatic nitrogens is 2. The standard InChI is InChI=1S/C15H18ClN3O4S/c1-2-13-17-15(23-18-13)9-6-7-10(8-9)19-24(21,22)12-5-3-4-11(16)14(12)20/h3-5,9-10,19-20H,2,6-8H2,1H3. The number of nitrogens with one attached hydrogen (secondary N) is 1. The molecule has 2 atom stereocenters. The van der Waals surface area contributed by atoms with E-state index in [1.807, 2.05) is 6.92 Å². The molecule has 0 saturated heterocycles. The van der Waals surface area contributed by atoms with E-state index < -0.39 is 15.8 Å². The number of benzene rings is 1. The van der Waals surface area contributed by atoms with Gasteiger partial charge in [0, 0.05) is 18.4 Å². The average Bonchev–Trinajstić information content (AvgIpc) is 3.18. The molecule has 1 aliphatic rings. The van der Waals surface area contributed by atoms with Gasteiger partial charge in [0.2, 0.25) is 15.9 Å². The van der Waals surface area contributed by atoms with E-state index in [1.165, 1.54) is 18.2 Å². The Morgan fingerprint density at radius 1 is 1.42 bits per heavy atom. The van der Waals surface area contributed by atoms with Crippen molar-refractivity contribution in [1.82, 2.24) is 14.9 Å². The van der Waals surface area contributed by atoms with Gasteiger partial charge >= 0.3 is 0 Å². The van der Waals surface area contributed by atoms with Crippen LogP contribution in [0, 0.1) is 0 Å². The van der Waals surface area contributed by atoms with Crippen LogP contribution in [0.5, 0.6) is 5.75 Å². The topological polar surface area (TPSA) is 105 Å². The number of sulfonamides is 1. The Morgan fingerprint density at radius 2 is 2.21 bits per heavy atom. The third-order valence-electron chi connectivity index (χ3n) is 4.14. The fourth-order valence-corrected chi connectivity index (χ4v) is 4.52. The summed E-state index contributed by atoms with van der Waals surface area (Å²) in [6.45, 7) is 1.94. The Balaban J connectivity index is 1.71. The van der Waals surface area contributed by atoms with Crippen molar-refractivity contribution in [2.24, 2.45) is 0 Å². The molecular formula is C15H18ClN3O4S. The second-order valence-electron chi connectivity index (χ2n) is 5.82. The summed E-state index contributed by atoms with van der Waals surface area (Å²) in [5.41, 5.74) is 0. The Kier molecular flexibility index (Phi) is 4.80. The fraction of sp³-hybridized carbons (Fsp3) is 0.467. The van der Waals surface area contributed by atoms with Crippen molar-refractivity contribution in [1.29, 1.82) is 0 Å². The van der Waals surface area contributed by atoms with Gasteiger partial charge in [-0.05, 0) is 31.4 Å². The van der Waals surface area contributed by atoms with E-state index in [9.17, 15) is 13.5 Å². The summed E-state index contributed by atoms with van der Waals surface area (Å²) in [6.07, 6.45) is 2.70. The quantitative estimate of drug-likeness (QED) is 0.836. The molecule has 24 heavy (non-hydrogen) atoms. The van der Waals surface area contributed by atoms with Crippen molar-refractivity contribution < 1.29 is 18.0 Å². The van der Waals surface area contributed by atoms with Crippen molar-refractivity contribution in [3.63, 3.8) is 0 Å². The van der Waals surface area contributed by atoms with Crippen molar-refractivity contribution >= 4 is 21.6 Å². The molecule has 130 valence electrons. The third kappa shape index (κ3) is 3.40. The first kappa shape index (κ1) is 17.2. The molecular weight excluding hydrogens is 354 g/mol. The molecule has 2 aromatic rings. The zero-order valence-electron chi connectivity index (χ0n) is 13.1. The average molecular weight is 372 g/mol. The lowest BCUT2D eigenvalue weighted by Gasteiger charge is -2.14. The Morgan fingerprint density at radius 3 is 2.92 bits per heavy atom. The lowest BCUT2D eigenvalue weighted by molar-refractivity contribution is 0.349. The molecule has 1 saturated carbocycles. The van der Waals surface area contributed by atoms with Crippen LogP contribution in [-0.4, -0.2) is 29.7 Å². The van der Waals surface area contributed by atoms with Crippen LogP contribution in [0.15, 0.2) is 27.6 Å². The first-order chi connectivity index (χ1) is 11.4. The van der Waals surface area contributed by atoms with Gasteiger partial charge in [0.1, 0.15) is 4.90 Å². The molecule has 0 aliphatic heterocycles. The fourth-order valence-electron chi connectivity index (χ4n) is 2.89. The van der Waals surface area contributed by atoms with Crippen molar-refractivity contribution in [3.05, 3.63) is 34.9 Å². The number of rotatable bonds is 5. The lowest BCUT2D eigenvalue weighted by Crippen LogP contribution is -2.33. The molecule has 1 heterocycles. The second kappa shape index (κ2) is 6.70. The lowest BCUT2D eigenvalue weighted by atomic mass is 10.1. The van der Waals surface area contributed by atoms with Gasteiger partial charge in [0.25, 0.3) is 0 Å². The highest BCUT2D eigenvalue weighted by molar-refractivity contribution is 7.89. The Bertz CT molecular complexity index is 837. The van der Waals surface area contributed by atoms with Gasteiger partial charge in [-0.25, -0.2) is 13.1 Å². The van der Waals surface area contributed by atoms with E-state index in [2.05, 4.69) is 14.9 Å². The van der Waals surface area contributed by atoms with E-state index >= 15 is 0 Å². The number of halogens is 1. The van der Waals surface area contributed by atoms with Gasteiger partial charge in [-0.1, -0.05) is 29.7 Å². The summed E-state index contributed by atoms with van der Waals surface area (Å²) in [7, 11) is -3.85. The number of phenolic OH excluding ortho intramolecular Hbond substituents is 1. The minimum Gasteiger partial charge on any atom is -0.505 e. The second-order valence-corrected chi connectivity index (χ2v) is 7.91. The van der Waals surface area contributed by atoms with Crippen LogP contribution < -0.4 is 4.72 Å². The summed E-state index contributed by atoms with van der Waals surface area (Å²) < 4.78 is 32.8. The van der Waals surface area contributed by atoms with Gasteiger partial charge in [-0.2, -0.15) is 4.98 Å². The summed E-state index contributed by atoms with van der Waals surface area (Å²) >= 11 is 5.79. The van der Waals surface area contributed by atoms with E-state index in [4.69, 9.17) is 16.1 Å². The number of aryl methyl sites for hydroxylation is 1. The molecule has 2 unspecified atom stereocenters. The molecule has 0 bridgehead atoms. The molecule has 7 nitrogen and oxygen atoms in total. The molecule has 0 amide bonds. The summed E-state index contributed by atoms with van der Waals surface area (Å²) in [5, 5.41) is 13.8. The Hall–Kier alpha value is -1.64. The zero-order valence-corrected chi connectivity index (χ0v) is 14.6. The molecule has 1 fully saturated rings. The van der Waals surface area contributed by atoms with E-state index in [0.29, 0.717) is 31.0 Å². The number of phenols is 1. The third-order valence-corrected chi connectivity index (χ3v) is 6.00. The van der Waals surface area contributed by atoms with Crippen LogP contribution in [0.1, 0.15) is 43.8 Å². The minimum atomic E-state index is -3.85. The number of para-hydroxylation sites is 1. The zero-order chi connectivity index (χ0) is 17.3. The van der Waals surface area contributed by atoms with Crippen molar-refractivity contribution in [2.45, 2.75) is 49.5 Å².